The topological polar surface area (TPSA) is 78.8 Å². The van der Waals surface area contributed by atoms with Gasteiger partial charge in [0, 0.05) is 0 Å². The molecule has 0 aromatic carbocycles. The van der Waals surface area contributed by atoms with Crippen LogP contribution in [0.15, 0.2) is 4.99 Å². The predicted octanol–water partition coefficient (Wildman–Crippen LogP) is 0.265. The van der Waals surface area contributed by atoms with Gasteiger partial charge in [0.15, 0.2) is 0 Å². The summed E-state index contributed by atoms with van der Waals surface area (Å²) in [4.78, 5) is 23.9. The van der Waals surface area contributed by atoms with Crippen molar-refractivity contribution in [2.24, 2.45) is 4.99 Å². The predicted molar refractivity (Wildman–Crippen MR) is 38.6 cm³/mol. The molecule has 0 radical (unpaired) electrons. The Bertz CT molecular complexity index is 273. The molecule has 12 heavy (non-hydrogen) atoms. The first-order valence-corrected chi connectivity index (χ1v) is 3.70. The second kappa shape index (κ2) is 1.87. The van der Waals surface area contributed by atoms with Gasteiger partial charge in [-0.3, -0.25) is 0 Å². The summed E-state index contributed by atoms with van der Waals surface area (Å²) in [6.45, 7) is 0. The number of carbonyl (C=O) groups is 1. The highest BCUT2D eigenvalue weighted by molar-refractivity contribution is 5.67. The zero-order valence-electron chi connectivity index (χ0n) is 6.33. The van der Waals surface area contributed by atoms with E-state index in [-0.39, 0.29) is 11.1 Å². The maximum atomic E-state index is 10.3. The van der Waals surface area contributed by atoms with Gasteiger partial charge >= 0.3 is 6.09 Å². The second-order valence-electron chi connectivity index (χ2n) is 3.67. The first-order chi connectivity index (χ1) is 5.60. The summed E-state index contributed by atoms with van der Waals surface area (Å²) in [5, 5.41) is 10.9. The number of nitrogens with one attached hydrogen (secondary N) is 1. The van der Waals surface area contributed by atoms with Crippen molar-refractivity contribution in [3.05, 3.63) is 0 Å². The van der Waals surface area contributed by atoms with E-state index in [0.29, 0.717) is 19.3 Å². The number of aliphatic imine (C=N–C) groups is 1. The third-order valence-electron chi connectivity index (χ3n) is 2.66. The molecule has 0 spiro atoms. The molecule has 5 nitrogen and oxygen atoms in total. The van der Waals surface area contributed by atoms with Gasteiger partial charge in [-0.1, -0.05) is 0 Å². The maximum Gasteiger partial charge on any atom is 0.405 e. The molecule has 0 aromatic heterocycles. The monoisotopic (exact) mass is 168 g/mol. The van der Waals surface area contributed by atoms with Crippen molar-refractivity contribution in [2.75, 3.05) is 0 Å². The summed E-state index contributed by atoms with van der Waals surface area (Å²) in [6, 6.07) is 0. The van der Waals surface area contributed by atoms with E-state index in [9.17, 15) is 9.59 Å². The minimum absolute atomic E-state index is 0.260. The van der Waals surface area contributed by atoms with Gasteiger partial charge in [0.05, 0.1) is 11.1 Å². The largest absolute Gasteiger partial charge is 0.465 e. The van der Waals surface area contributed by atoms with Gasteiger partial charge in [-0.2, -0.15) is 4.99 Å². The van der Waals surface area contributed by atoms with E-state index in [4.69, 9.17) is 5.11 Å². The smallest absolute Gasteiger partial charge is 0.405 e. The molecule has 0 heterocycles. The van der Waals surface area contributed by atoms with Gasteiger partial charge < -0.3 is 10.4 Å². The summed E-state index contributed by atoms with van der Waals surface area (Å²) in [7, 11) is 0. The van der Waals surface area contributed by atoms with Crippen LogP contribution < -0.4 is 5.32 Å². The number of isocyanates is 1. The molecule has 3 fully saturated rings. The fraction of sp³-hybridized carbons (Fsp3) is 0.714. The lowest BCUT2D eigenvalue weighted by Gasteiger charge is -2.66. The average molecular weight is 168 g/mol. The van der Waals surface area contributed by atoms with Gasteiger partial charge in [0.2, 0.25) is 6.08 Å². The minimum Gasteiger partial charge on any atom is -0.465 e. The first kappa shape index (κ1) is 7.31. The van der Waals surface area contributed by atoms with Crippen LogP contribution in [0.3, 0.4) is 0 Å². The van der Waals surface area contributed by atoms with Gasteiger partial charge in [0.25, 0.3) is 0 Å². The molecule has 0 aliphatic heterocycles. The third kappa shape index (κ3) is 0.769. The Balaban J connectivity index is 1.95. The van der Waals surface area contributed by atoms with E-state index in [2.05, 4.69) is 10.3 Å². The average Bonchev–Trinajstić information content (AvgIpc) is 1.79. The summed E-state index contributed by atoms with van der Waals surface area (Å²) in [5.41, 5.74) is -0.531. The molecule has 5 heteroatoms. The van der Waals surface area contributed by atoms with Crippen LogP contribution in [-0.2, 0) is 4.79 Å². The molecule has 0 aromatic rings. The quantitative estimate of drug-likeness (QED) is 0.458. The number of nitrogens with zero attached hydrogens (tertiary/aromatic N) is 1. The van der Waals surface area contributed by atoms with Crippen LogP contribution in [-0.4, -0.2) is 28.4 Å². The van der Waals surface area contributed by atoms with Crippen molar-refractivity contribution in [3.63, 3.8) is 0 Å². The molecule has 3 rings (SSSR count). The van der Waals surface area contributed by atoms with E-state index < -0.39 is 6.09 Å². The highest BCUT2D eigenvalue weighted by Crippen LogP contribution is 2.62. The van der Waals surface area contributed by atoms with Crippen LogP contribution in [0.1, 0.15) is 19.3 Å². The van der Waals surface area contributed by atoms with Gasteiger partial charge in [-0.15, -0.1) is 0 Å². The molecule has 0 saturated heterocycles. The lowest BCUT2D eigenvalue weighted by molar-refractivity contribution is -0.0704. The van der Waals surface area contributed by atoms with E-state index in [1.807, 2.05) is 0 Å². The molecule has 3 saturated carbocycles. The highest BCUT2D eigenvalue weighted by atomic mass is 16.4. The van der Waals surface area contributed by atoms with Crippen molar-refractivity contribution in [1.29, 1.82) is 0 Å². The van der Waals surface area contributed by atoms with Crippen LogP contribution in [0.25, 0.3) is 0 Å². The second-order valence-corrected chi connectivity index (χ2v) is 3.67. The zero-order chi connectivity index (χ0) is 8.82. The van der Waals surface area contributed by atoms with Gasteiger partial charge in [-0.25, -0.2) is 9.59 Å². The fourth-order valence-corrected chi connectivity index (χ4v) is 2.31. The number of hydrogen-bond acceptors (Lipinski definition) is 3. The molecule has 1 amide bonds. The van der Waals surface area contributed by atoms with E-state index in [0.717, 1.165) is 0 Å². The molecule has 0 unspecified atom stereocenters. The summed E-state index contributed by atoms with van der Waals surface area (Å²) >= 11 is 0. The minimum atomic E-state index is -1.00. The van der Waals surface area contributed by atoms with E-state index >= 15 is 0 Å². The van der Waals surface area contributed by atoms with Crippen LogP contribution >= 0.6 is 0 Å². The van der Waals surface area contributed by atoms with Crippen molar-refractivity contribution >= 4 is 12.2 Å². The molecule has 3 aliphatic carbocycles. The molecular formula is C7H8N2O3. The number of hydrogen-bond donors (Lipinski definition) is 2. The Morgan fingerprint density at radius 1 is 1.50 bits per heavy atom. The number of carbonyl (C=O) groups excluding carboxylic acids is 1. The van der Waals surface area contributed by atoms with Crippen LogP contribution in [0, 0.1) is 0 Å². The van der Waals surface area contributed by atoms with Crippen molar-refractivity contribution in [1.82, 2.24) is 5.32 Å². The molecular weight excluding hydrogens is 160 g/mol. The SMILES string of the molecule is O=C=NC12CC(NC(=O)O)(C1)C2. The Morgan fingerprint density at radius 3 is 2.50 bits per heavy atom. The Labute approximate surface area is 68.5 Å². The number of amides is 1. The highest BCUT2D eigenvalue weighted by Gasteiger charge is 2.69. The molecule has 2 N–H and O–H groups in total. The number of carboxylic acid groups (broad SMARTS) is 1. The summed E-state index contributed by atoms with van der Waals surface area (Å²) in [5.74, 6) is 0. The van der Waals surface area contributed by atoms with E-state index in [1.54, 1.807) is 0 Å². The Morgan fingerprint density at radius 2 is 2.08 bits per heavy atom. The lowest BCUT2D eigenvalue weighted by Crippen LogP contribution is -2.77. The summed E-state index contributed by atoms with van der Waals surface area (Å²) in [6.07, 6.45) is 2.48. The normalized spacial score (nSPS) is 41.7. The van der Waals surface area contributed by atoms with Crippen molar-refractivity contribution in [2.45, 2.75) is 30.3 Å². The maximum absolute atomic E-state index is 10.3. The van der Waals surface area contributed by atoms with Gasteiger partial charge in [-0.05, 0) is 19.3 Å². The summed E-state index contributed by atoms with van der Waals surface area (Å²) < 4.78 is 0. The van der Waals surface area contributed by atoms with E-state index in [1.165, 1.54) is 6.08 Å². The molecule has 2 bridgehead atoms. The van der Waals surface area contributed by atoms with Gasteiger partial charge in [0.1, 0.15) is 0 Å². The molecule has 3 aliphatic rings. The van der Waals surface area contributed by atoms with Crippen LogP contribution in [0.4, 0.5) is 4.79 Å². The zero-order valence-corrected chi connectivity index (χ0v) is 6.33. The fourth-order valence-electron chi connectivity index (χ4n) is 2.31. The van der Waals surface area contributed by atoms with Crippen LogP contribution in [0.2, 0.25) is 0 Å². The first-order valence-electron chi connectivity index (χ1n) is 3.70. The molecule has 64 valence electrons. The molecule has 0 atom stereocenters. The van der Waals surface area contributed by atoms with Crippen LogP contribution in [0.5, 0.6) is 0 Å². The lowest BCUT2D eigenvalue weighted by atomic mass is 9.44. The Kier molecular flexibility index (Phi) is 1.14. The Hall–Kier alpha value is -1.35. The van der Waals surface area contributed by atoms with Crippen molar-refractivity contribution in [3.8, 4) is 0 Å². The standard InChI is InChI=1S/C7H8N2O3/c10-4-8-6-1-7(2-6,3-6)9-5(11)12/h9H,1-3H2,(H,11,12). The third-order valence-corrected chi connectivity index (χ3v) is 2.66. The van der Waals surface area contributed by atoms with Crippen molar-refractivity contribution < 1.29 is 14.7 Å². The number of rotatable bonds is 2.